The molecular weight excluding hydrogens is 240 g/mol. The van der Waals surface area contributed by atoms with E-state index >= 15 is 0 Å². The van der Waals surface area contributed by atoms with Gasteiger partial charge in [0.05, 0.1) is 0 Å². The molecule has 1 aromatic carbocycles. The molecule has 0 spiro atoms. The molecular formula is C13H17F2NS. The van der Waals surface area contributed by atoms with E-state index in [4.69, 9.17) is 0 Å². The van der Waals surface area contributed by atoms with Crippen LogP contribution in [0.15, 0.2) is 18.2 Å². The first kappa shape index (κ1) is 12.8. The van der Waals surface area contributed by atoms with Crippen molar-refractivity contribution in [3.05, 3.63) is 35.4 Å². The highest BCUT2D eigenvalue weighted by Gasteiger charge is 2.17. The van der Waals surface area contributed by atoms with Crippen LogP contribution in [0.1, 0.15) is 31.4 Å². The van der Waals surface area contributed by atoms with Gasteiger partial charge in [-0.2, -0.15) is 11.8 Å². The van der Waals surface area contributed by atoms with Crippen molar-refractivity contribution < 1.29 is 8.78 Å². The Morgan fingerprint density at radius 1 is 1.35 bits per heavy atom. The fourth-order valence-corrected chi connectivity index (χ4v) is 3.19. The largest absolute Gasteiger partial charge is 0.307 e. The quantitative estimate of drug-likeness (QED) is 0.889. The maximum Gasteiger partial charge on any atom is 0.159 e. The van der Waals surface area contributed by atoms with Gasteiger partial charge in [-0.15, -0.1) is 0 Å². The summed E-state index contributed by atoms with van der Waals surface area (Å²) in [6.07, 6.45) is 2.40. The normalized spacial score (nSPS) is 22.4. The van der Waals surface area contributed by atoms with Crippen molar-refractivity contribution in [2.24, 2.45) is 0 Å². The van der Waals surface area contributed by atoms with Crippen molar-refractivity contribution in [2.75, 3.05) is 11.5 Å². The summed E-state index contributed by atoms with van der Waals surface area (Å²) in [6, 6.07) is 4.67. The Balaban J connectivity index is 1.98. The number of rotatable bonds is 3. The summed E-state index contributed by atoms with van der Waals surface area (Å²) in [6.45, 7) is 1.99. The fourth-order valence-electron chi connectivity index (χ4n) is 2.10. The van der Waals surface area contributed by atoms with Crippen molar-refractivity contribution in [3.63, 3.8) is 0 Å². The summed E-state index contributed by atoms with van der Waals surface area (Å²) in [5.74, 6) is 0.787. The molecule has 1 aliphatic heterocycles. The molecule has 0 radical (unpaired) electrons. The summed E-state index contributed by atoms with van der Waals surface area (Å²) in [5.41, 5.74) is 0.805. The van der Waals surface area contributed by atoms with Crippen LogP contribution in [0.5, 0.6) is 0 Å². The molecule has 0 aliphatic carbocycles. The highest BCUT2D eigenvalue weighted by Crippen LogP contribution is 2.21. The first-order valence-electron chi connectivity index (χ1n) is 5.95. The highest BCUT2D eigenvalue weighted by molar-refractivity contribution is 7.99. The topological polar surface area (TPSA) is 12.0 Å². The van der Waals surface area contributed by atoms with Crippen molar-refractivity contribution >= 4 is 11.8 Å². The van der Waals surface area contributed by atoms with Gasteiger partial charge in [0.1, 0.15) is 0 Å². The van der Waals surface area contributed by atoms with Crippen molar-refractivity contribution in [3.8, 4) is 0 Å². The predicted molar refractivity (Wildman–Crippen MR) is 68.3 cm³/mol. The molecule has 94 valence electrons. The maximum absolute atomic E-state index is 13.1. The van der Waals surface area contributed by atoms with Crippen LogP contribution in [0, 0.1) is 11.6 Å². The standard InChI is InChI=1S/C13H17F2NS/c1-9(16-11-3-2-6-17-8-11)10-4-5-12(14)13(15)7-10/h4-5,7,9,11,16H,2-3,6,8H2,1H3. The van der Waals surface area contributed by atoms with Crippen LogP contribution in [0.2, 0.25) is 0 Å². The summed E-state index contributed by atoms with van der Waals surface area (Å²) < 4.78 is 25.9. The van der Waals surface area contributed by atoms with Crippen LogP contribution in [-0.2, 0) is 0 Å². The summed E-state index contributed by atoms with van der Waals surface area (Å²) >= 11 is 1.95. The molecule has 1 saturated heterocycles. The van der Waals surface area contributed by atoms with Crippen LogP contribution in [0.4, 0.5) is 8.78 Å². The Kier molecular flexibility index (Phi) is 4.40. The van der Waals surface area contributed by atoms with E-state index in [0.29, 0.717) is 6.04 Å². The second-order valence-corrected chi connectivity index (χ2v) is 5.63. The zero-order valence-corrected chi connectivity index (χ0v) is 10.7. The number of hydrogen-bond donors (Lipinski definition) is 1. The predicted octanol–water partition coefficient (Wildman–Crippen LogP) is 3.51. The molecule has 0 amide bonds. The number of thioether (sulfide) groups is 1. The minimum atomic E-state index is -0.783. The molecule has 1 aliphatic rings. The average Bonchev–Trinajstić information content (AvgIpc) is 2.34. The van der Waals surface area contributed by atoms with Gasteiger partial charge < -0.3 is 5.32 Å². The molecule has 1 fully saturated rings. The van der Waals surface area contributed by atoms with E-state index in [9.17, 15) is 8.78 Å². The monoisotopic (exact) mass is 257 g/mol. The van der Waals surface area contributed by atoms with Gasteiger partial charge in [0.15, 0.2) is 11.6 Å². The Labute approximate surface area is 105 Å². The van der Waals surface area contributed by atoms with Crippen LogP contribution in [-0.4, -0.2) is 17.5 Å². The van der Waals surface area contributed by atoms with E-state index in [1.807, 2.05) is 18.7 Å². The molecule has 1 heterocycles. The lowest BCUT2D eigenvalue weighted by atomic mass is 10.1. The third-order valence-corrected chi connectivity index (χ3v) is 4.31. The molecule has 0 aromatic heterocycles. The zero-order valence-electron chi connectivity index (χ0n) is 9.88. The van der Waals surface area contributed by atoms with E-state index in [0.717, 1.165) is 11.3 Å². The van der Waals surface area contributed by atoms with E-state index in [1.54, 1.807) is 6.07 Å². The van der Waals surface area contributed by atoms with Gasteiger partial charge >= 0.3 is 0 Å². The molecule has 2 unspecified atom stereocenters. The Bertz CT molecular complexity index is 378. The van der Waals surface area contributed by atoms with Crippen LogP contribution >= 0.6 is 11.8 Å². The number of hydrogen-bond acceptors (Lipinski definition) is 2. The average molecular weight is 257 g/mol. The number of halogens is 2. The Hall–Kier alpha value is -0.610. The van der Waals surface area contributed by atoms with Crippen LogP contribution < -0.4 is 5.32 Å². The van der Waals surface area contributed by atoms with Crippen LogP contribution in [0.25, 0.3) is 0 Å². The zero-order chi connectivity index (χ0) is 12.3. The summed E-state index contributed by atoms with van der Waals surface area (Å²) in [4.78, 5) is 0. The van der Waals surface area contributed by atoms with E-state index in [1.165, 1.54) is 30.7 Å². The van der Waals surface area contributed by atoms with Gasteiger partial charge in [0.25, 0.3) is 0 Å². The van der Waals surface area contributed by atoms with Crippen LogP contribution in [0.3, 0.4) is 0 Å². The SMILES string of the molecule is CC(NC1CCCSC1)c1ccc(F)c(F)c1. The maximum atomic E-state index is 13.1. The molecule has 17 heavy (non-hydrogen) atoms. The molecule has 2 rings (SSSR count). The van der Waals surface area contributed by atoms with E-state index in [2.05, 4.69) is 5.32 Å². The second-order valence-electron chi connectivity index (χ2n) is 4.48. The molecule has 2 atom stereocenters. The Morgan fingerprint density at radius 3 is 2.82 bits per heavy atom. The lowest BCUT2D eigenvalue weighted by Crippen LogP contribution is -2.35. The molecule has 4 heteroatoms. The molecule has 1 nitrogen and oxygen atoms in total. The summed E-state index contributed by atoms with van der Waals surface area (Å²) in [7, 11) is 0. The number of nitrogens with one attached hydrogen (secondary N) is 1. The summed E-state index contributed by atoms with van der Waals surface area (Å²) in [5, 5.41) is 3.47. The van der Waals surface area contributed by atoms with Crippen molar-refractivity contribution in [2.45, 2.75) is 31.8 Å². The van der Waals surface area contributed by atoms with Crippen molar-refractivity contribution in [1.29, 1.82) is 0 Å². The van der Waals surface area contributed by atoms with Gasteiger partial charge in [-0.1, -0.05) is 6.07 Å². The lowest BCUT2D eigenvalue weighted by Gasteiger charge is -2.26. The van der Waals surface area contributed by atoms with E-state index < -0.39 is 11.6 Å². The second kappa shape index (κ2) is 5.83. The molecule has 1 aromatic rings. The minimum absolute atomic E-state index is 0.0637. The van der Waals surface area contributed by atoms with Crippen molar-refractivity contribution in [1.82, 2.24) is 5.32 Å². The first-order valence-corrected chi connectivity index (χ1v) is 7.11. The lowest BCUT2D eigenvalue weighted by molar-refractivity contribution is 0.448. The van der Waals surface area contributed by atoms with Gasteiger partial charge in [-0.3, -0.25) is 0 Å². The van der Waals surface area contributed by atoms with Gasteiger partial charge in [0.2, 0.25) is 0 Å². The van der Waals surface area contributed by atoms with Gasteiger partial charge in [-0.25, -0.2) is 8.78 Å². The highest BCUT2D eigenvalue weighted by atomic mass is 32.2. The van der Waals surface area contributed by atoms with E-state index in [-0.39, 0.29) is 6.04 Å². The Morgan fingerprint density at radius 2 is 2.18 bits per heavy atom. The first-order chi connectivity index (χ1) is 8.16. The van der Waals surface area contributed by atoms with Gasteiger partial charge in [0, 0.05) is 17.8 Å². The molecule has 1 N–H and O–H groups in total. The van der Waals surface area contributed by atoms with Gasteiger partial charge in [-0.05, 0) is 43.2 Å². The number of benzene rings is 1. The molecule has 0 saturated carbocycles. The fraction of sp³-hybridized carbons (Fsp3) is 0.538. The smallest absolute Gasteiger partial charge is 0.159 e. The third kappa shape index (κ3) is 3.42. The third-order valence-electron chi connectivity index (χ3n) is 3.09. The molecule has 0 bridgehead atoms. The minimum Gasteiger partial charge on any atom is -0.307 e.